The van der Waals surface area contributed by atoms with Crippen LogP contribution in [-0.2, 0) is 6.42 Å². The lowest BCUT2D eigenvalue weighted by Gasteiger charge is -2.45. The predicted octanol–water partition coefficient (Wildman–Crippen LogP) is 3.31. The molecule has 31 heavy (non-hydrogen) atoms. The van der Waals surface area contributed by atoms with Crippen molar-refractivity contribution >= 4 is 17.6 Å². The summed E-state index contributed by atoms with van der Waals surface area (Å²) in [6.07, 6.45) is 1.30. The Morgan fingerprint density at radius 3 is 2.52 bits per heavy atom. The summed E-state index contributed by atoms with van der Waals surface area (Å²) in [6, 6.07) is 8.00. The Morgan fingerprint density at radius 1 is 1.19 bits per heavy atom. The molecule has 1 fully saturated rings. The van der Waals surface area contributed by atoms with Crippen LogP contribution in [0.1, 0.15) is 36.8 Å². The fourth-order valence-electron chi connectivity index (χ4n) is 4.00. The molecular formula is C22H24FN5O3. The summed E-state index contributed by atoms with van der Waals surface area (Å²) in [5, 5.41) is 13.9. The van der Waals surface area contributed by atoms with Crippen molar-refractivity contribution in [3.05, 3.63) is 53.6 Å². The number of piperazine rings is 1. The third kappa shape index (κ3) is 3.83. The summed E-state index contributed by atoms with van der Waals surface area (Å²) < 4.78 is 14.9. The molecule has 0 aliphatic carbocycles. The molecular weight excluding hydrogens is 401 g/mol. The van der Waals surface area contributed by atoms with Crippen molar-refractivity contribution < 1.29 is 19.1 Å². The van der Waals surface area contributed by atoms with E-state index >= 15 is 0 Å². The van der Waals surface area contributed by atoms with E-state index in [0.29, 0.717) is 24.3 Å². The van der Waals surface area contributed by atoms with E-state index in [0.717, 1.165) is 11.1 Å². The van der Waals surface area contributed by atoms with Gasteiger partial charge in [0, 0.05) is 25.2 Å². The third-order valence-corrected chi connectivity index (χ3v) is 5.66. The highest BCUT2D eigenvalue weighted by Crippen LogP contribution is 2.25. The summed E-state index contributed by atoms with van der Waals surface area (Å²) in [7, 11) is 0. The molecule has 3 heterocycles. The molecule has 1 aliphatic rings. The second-order valence-corrected chi connectivity index (χ2v) is 8.28. The van der Waals surface area contributed by atoms with Crippen molar-refractivity contribution in [3.8, 4) is 11.3 Å². The zero-order chi connectivity index (χ0) is 22.3. The molecule has 0 spiro atoms. The molecule has 2 amide bonds. The third-order valence-electron chi connectivity index (χ3n) is 5.66. The molecule has 1 aromatic carbocycles. The summed E-state index contributed by atoms with van der Waals surface area (Å²) in [6.45, 7) is 6.46. The van der Waals surface area contributed by atoms with Crippen LogP contribution in [0.4, 0.5) is 9.18 Å². The van der Waals surface area contributed by atoms with E-state index in [-0.39, 0.29) is 30.5 Å². The van der Waals surface area contributed by atoms with Crippen molar-refractivity contribution in [1.29, 1.82) is 0 Å². The number of halogens is 1. The summed E-state index contributed by atoms with van der Waals surface area (Å²) in [5.41, 5.74) is 2.54. The minimum atomic E-state index is -0.988. The van der Waals surface area contributed by atoms with Crippen molar-refractivity contribution in [2.75, 3.05) is 19.6 Å². The van der Waals surface area contributed by atoms with Crippen LogP contribution < -0.4 is 0 Å². The number of hydrogen-bond acceptors (Lipinski definition) is 4. The summed E-state index contributed by atoms with van der Waals surface area (Å²) in [4.78, 5) is 32.1. The minimum Gasteiger partial charge on any atom is -0.465 e. The Kier molecular flexibility index (Phi) is 5.12. The van der Waals surface area contributed by atoms with Gasteiger partial charge in [-0.2, -0.15) is 5.10 Å². The van der Waals surface area contributed by atoms with Gasteiger partial charge in [-0.25, -0.2) is 18.7 Å². The van der Waals surface area contributed by atoms with Gasteiger partial charge in [0.15, 0.2) is 5.65 Å². The molecule has 0 unspecified atom stereocenters. The average molecular weight is 425 g/mol. The van der Waals surface area contributed by atoms with Crippen LogP contribution in [0.5, 0.6) is 0 Å². The summed E-state index contributed by atoms with van der Waals surface area (Å²) in [5.74, 6) is -0.576. The Bertz CT molecular complexity index is 1160. The molecule has 1 N–H and O–H groups in total. The van der Waals surface area contributed by atoms with Crippen molar-refractivity contribution in [2.24, 2.45) is 0 Å². The molecule has 0 atom stereocenters. The number of benzene rings is 1. The average Bonchev–Trinajstić information content (AvgIpc) is 3.16. The van der Waals surface area contributed by atoms with Gasteiger partial charge in [-0.3, -0.25) is 4.79 Å². The zero-order valence-corrected chi connectivity index (χ0v) is 17.7. The first-order valence-corrected chi connectivity index (χ1v) is 10.1. The first-order chi connectivity index (χ1) is 14.7. The maximum atomic E-state index is 13.3. The van der Waals surface area contributed by atoms with Gasteiger partial charge < -0.3 is 14.9 Å². The molecule has 4 rings (SSSR count). The lowest BCUT2D eigenvalue weighted by atomic mass is 9.98. The van der Waals surface area contributed by atoms with Gasteiger partial charge in [-0.15, -0.1) is 0 Å². The maximum absolute atomic E-state index is 13.3. The highest BCUT2D eigenvalue weighted by Gasteiger charge is 2.39. The molecule has 9 heteroatoms. The van der Waals surface area contributed by atoms with Gasteiger partial charge in [0.25, 0.3) is 5.91 Å². The van der Waals surface area contributed by atoms with Gasteiger partial charge in [0.2, 0.25) is 0 Å². The molecule has 1 aliphatic heterocycles. The molecule has 1 saturated heterocycles. The highest BCUT2D eigenvalue weighted by molar-refractivity contribution is 5.93. The maximum Gasteiger partial charge on any atom is 0.407 e. The quantitative estimate of drug-likeness (QED) is 0.695. The van der Waals surface area contributed by atoms with Crippen LogP contribution in [0.25, 0.3) is 16.9 Å². The van der Waals surface area contributed by atoms with E-state index in [1.54, 1.807) is 27.7 Å². The topological polar surface area (TPSA) is 91.0 Å². The van der Waals surface area contributed by atoms with Crippen molar-refractivity contribution in [3.63, 3.8) is 0 Å². The van der Waals surface area contributed by atoms with Crippen molar-refractivity contribution in [2.45, 2.75) is 32.7 Å². The van der Waals surface area contributed by atoms with E-state index in [1.807, 2.05) is 26.8 Å². The van der Waals surface area contributed by atoms with Gasteiger partial charge in [0.1, 0.15) is 11.5 Å². The Morgan fingerprint density at radius 2 is 1.90 bits per heavy atom. The molecule has 3 aromatic rings. The number of amides is 2. The SMILES string of the molecule is CCc1cc(-c2ccc(F)cc2)nn2cc(C(=O)N3CCN(C(=O)O)CC3(C)C)nc12. The Hall–Kier alpha value is -3.49. The van der Waals surface area contributed by atoms with Crippen LogP contribution in [0.15, 0.2) is 36.5 Å². The largest absolute Gasteiger partial charge is 0.465 e. The molecule has 0 bridgehead atoms. The number of aryl methyl sites for hydroxylation is 1. The number of hydrogen-bond donors (Lipinski definition) is 1. The molecule has 0 radical (unpaired) electrons. The molecule has 8 nitrogen and oxygen atoms in total. The van der Waals surface area contributed by atoms with E-state index < -0.39 is 11.6 Å². The summed E-state index contributed by atoms with van der Waals surface area (Å²) >= 11 is 0. The number of aromatic nitrogens is 3. The van der Waals surface area contributed by atoms with Crippen LogP contribution in [0.3, 0.4) is 0 Å². The number of rotatable bonds is 3. The van der Waals surface area contributed by atoms with E-state index in [4.69, 9.17) is 0 Å². The Labute approximate surface area is 178 Å². The number of carboxylic acid groups (broad SMARTS) is 1. The van der Waals surface area contributed by atoms with E-state index in [2.05, 4.69) is 10.1 Å². The zero-order valence-electron chi connectivity index (χ0n) is 17.7. The smallest absolute Gasteiger partial charge is 0.407 e. The van der Waals surface area contributed by atoms with Crippen LogP contribution in [-0.4, -0.2) is 66.7 Å². The van der Waals surface area contributed by atoms with Gasteiger partial charge in [0.05, 0.1) is 17.4 Å². The molecule has 0 saturated carbocycles. The van der Waals surface area contributed by atoms with Crippen molar-refractivity contribution in [1.82, 2.24) is 24.4 Å². The second-order valence-electron chi connectivity index (χ2n) is 8.28. The number of nitrogens with zero attached hydrogens (tertiary/aromatic N) is 5. The normalized spacial score (nSPS) is 16.0. The van der Waals surface area contributed by atoms with Gasteiger partial charge in [-0.05, 0) is 56.2 Å². The number of carbonyl (C=O) groups excluding carboxylic acids is 1. The number of imidazole rings is 1. The fourth-order valence-corrected chi connectivity index (χ4v) is 4.00. The van der Waals surface area contributed by atoms with Crippen LogP contribution >= 0.6 is 0 Å². The van der Waals surface area contributed by atoms with Gasteiger partial charge >= 0.3 is 6.09 Å². The molecule has 2 aromatic heterocycles. The highest BCUT2D eigenvalue weighted by atomic mass is 19.1. The first kappa shape index (κ1) is 20.8. The van der Waals surface area contributed by atoms with Crippen LogP contribution in [0, 0.1) is 5.82 Å². The van der Waals surface area contributed by atoms with Crippen LogP contribution in [0.2, 0.25) is 0 Å². The number of carbonyl (C=O) groups is 2. The Balaban J connectivity index is 1.69. The minimum absolute atomic E-state index is 0.231. The van der Waals surface area contributed by atoms with E-state index in [1.165, 1.54) is 17.0 Å². The lowest BCUT2D eigenvalue weighted by Crippen LogP contribution is -2.61. The van der Waals surface area contributed by atoms with E-state index in [9.17, 15) is 19.1 Å². The fraction of sp³-hybridized carbons (Fsp3) is 0.364. The first-order valence-electron chi connectivity index (χ1n) is 10.1. The lowest BCUT2D eigenvalue weighted by molar-refractivity contribution is 0.0196. The molecule has 162 valence electrons. The predicted molar refractivity (Wildman–Crippen MR) is 112 cm³/mol. The number of fused-ring (bicyclic) bond motifs is 1. The van der Waals surface area contributed by atoms with Gasteiger partial charge in [-0.1, -0.05) is 6.92 Å². The monoisotopic (exact) mass is 425 g/mol. The standard InChI is InChI=1S/C22H24FN5O3/c1-4-14-11-17(15-5-7-16(23)8-6-15)25-28-12-18(24-19(14)28)20(29)27-10-9-26(21(30)31)13-22(27,2)3/h5-8,11-12H,4,9-10,13H2,1-3H3,(H,30,31). The second kappa shape index (κ2) is 7.64.